The van der Waals surface area contributed by atoms with E-state index in [1.54, 1.807) is 0 Å². The van der Waals surface area contributed by atoms with E-state index in [2.05, 4.69) is 22.4 Å². The number of hydrogen-bond acceptors (Lipinski definition) is 2. The zero-order valence-electron chi connectivity index (χ0n) is 15.0. The van der Waals surface area contributed by atoms with E-state index in [-0.39, 0.29) is 12.5 Å². The SMILES string of the molecule is Cc1cccc(OCC(=O)Nc2cccc(-c3cc4ccccc4[nH]3)c2)c1. The highest BCUT2D eigenvalue weighted by atomic mass is 16.5. The molecule has 0 saturated heterocycles. The lowest BCUT2D eigenvalue weighted by molar-refractivity contribution is -0.118. The lowest BCUT2D eigenvalue weighted by Crippen LogP contribution is -2.20. The molecule has 0 aliphatic heterocycles. The van der Waals surface area contributed by atoms with Gasteiger partial charge in [0.15, 0.2) is 6.61 Å². The van der Waals surface area contributed by atoms with Crippen LogP contribution >= 0.6 is 0 Å². The Hall–Kier alpha value is -3.53. The van der Waals surface area contributed by atoms with Crippen molar-refractivity contribution in [2.24, 2.45) is 0 Å². The molecule has 1 amide bonds. The topological polar surface area (TPSA) is 54.1 Å². The molecule has 0 fully saturated rings. The number of ether oxygens (including phenoxy) is 1. The van der Waals surface area contributed by atoms with Gasteiger partial charge in [0.1, 0.15) is 5.75 Å². The third-order valence-corrected chi connectivity index (χ3v) is 4.35. The summed E-state index contributed by atoms with van der Waals surface area (Å²) in [5, 5.41) is 4.05. The first-order valence-electron chi connectivity index (χ1n) is 8.85. The fraction of sp³-hybridized carbons (Fsp3) is 0.0870. The highest BCUT2D eigenvalue weighted by Crippen LogP contribution is 2.26. The van der Waals surface area contributed by atoms with Gasteiger partial charge in [0.2, 0.25) is 0 Å². The van der Waals surface area contributed by atoms with Gasteiger partial charge in [-0.3, -0.25) is 4.79 Å². The number of aryl methyl sites for hydroxylation is 1. The zero-order chi connectivity index (χ0) is 18.6. The van der Waals surface area contributed by atoms with E-state index in [0.29, 0.717) is 5.75 Å². The number of aromatic amines is 1. The third-order valence-electron chi connectivity index (χ3n) is 4.35. The summed E-state index contributed by atoms with van der Waals surface area (Å²) < 4.78 is 5.56. The maximum atomic E-state index is 12.2. The molecule has 1 heterocycles. The maximum absolute atomic E-state index is 12.2. The minimum Gasteiger partial charge on any atom is -0.484 e. The van der Waals surface area contributed by atoms with Gasteiger partial charge >= 0.3 is 0 Å². The van der Waals surface area contributed by atoms with Gasteiger partial charge < -0.3 is 15.0 Å². The van der Waals surface area contributed by atoms with Crippen LogP contribution in [0, 0.1) is 6.92 Å². The molecule has 4 heteroatoms. The first kappa shape index (κ1) is 16.9. The molecule has 1 aromatic heterocycles. The number of carbonyl (C=O) groups is 1. The van der Waals surface area contributed by atoms with Gasteiger partial charge in [-0.15, -0.1) is 0 Å². The summed E-state index contributed by atoms with van der Waals surface area (Å²) in [7, 11) is 0. The number of carbonyl (C=O) groups excluding carboxylic acids is 1. The fourth-order valence-corrected chi connectivity index (χ4v) is 3.04. The number of aromatic nitrogens is 1. The van der Waals surface area contributed by atoms with E-state index < -0.39 is 0 Å². The van der Waals surface area contributed by atoms with E-state index >= 15 is 0 Å². The number of fused-ring (bicyclic) bond motifs is 1. The summed E-state index contributed by atoms with van der Waals surface area (Å²) >= 11 is 0. The Morgan fingerprint density at radius 1 is 0.963 bits per heavy atom. The molecule has 4 rings (SSSR count). The molecule has 0 atom stereocenters. The summed E-state index contributed by atoms with van der Waals surface area (Å²) in [6.45, 7) is 1.96. The van der Waals surface area contributed by atoms with Crippen molar-refractivity contribution in [3.63, 3.8) is 0 Å². The summed E-state index contributed by atoms with van der Waals surface area (Å²) in [6.07, 6.45) is 0. The van der Waals surface area contributed by atoms with Crippen LogP contribution in [0.15, 0.2) is 78.9 Å². The second-order valence-corrected chi connectivity index (χ2v) is 6.50. The monoisotopic (exact) mass is 356 g/mol. The van der Waals surface area contributed by atoms with E-state index in [0.717, 1.165) is 33.4 Å². The molecule has 2 N–H and O–H groups in total. The van der Waals surface area contributed by atoms with Crippen molar-refractivity contribution in [2.75, 3.05) is 11.9 Å². The number of para-hydroxylation sites is 1. The molecule has 0 unspecified atom stereocenters. The van der Waals surface area contributed by atoms with Crippen LogP contribution in [0.5, 0.6) is 5.75 Å². The Balaban J connectivity index is 1.45. The largest absolute Gasteiger partial charge is 0.484 e. The van der Waals surface area contributed by atoms with Gasteiger partial charge in [0.05, 0.1) is 0 Å². The highest BCUT2D eigenvalue weighted by Gasteiger charge is 2.07. The van der Waals surface area contributed by atoms with Crippen molar-refractivity contribution in [2.45, 2.75) is 6.92 Å². The van der Waals surface area contributed by atoms with Crippen molar-refractivity contribution >= 4 is 22.5 Å². The number of anilines is 1. The second-order valence-electron chi connectivity index (χ2n) is 6.50. The maximum Gasteiger partial charge on any atom is 0.262 e. The highest BCUT2D eigenvalue weighted by molar-refractivity contribution is 5.93. The van der Waals surface area contributed by atoms with E-state index in [1.807, 2.05) is 73.7 Å². The zero-order valence-corrected chi connectivity index (χ0v) is 15.0. The number of benzene rings is 3. The molecule has 27 heavy (non-hydrogen) atoms. The lowest BCUT2D eigenvalue weighted by atomic mass is 10.1. The van der Waals surface area contributed by atoms with E-state index in [1.165, 1.54) is 0 Å². The Morgan fingerprint density at radius 3 is 2.67 bits per heavy atom. The molecule has 4 aromatic rings. The van der Waals surface area contributed by atoms with Crippen LogP contribution in [-0.2, 0) is 4.79 Å². The standard InChI is InChI=1S/C23H20N2O2/c1-16-6-4-10-20(12-16)27-15-23(26)24-19-9-5-8-17(13-19)22-14-18-7-2-3-11-21(18)25-22/h2-14,25H,15H2,1H3,(H,24,26). The number of amides is 1. The second kappa shape index (κ2) is 7.38. The molecule has 134 valence electrons. The molecule has 0 saturated carbocycles. The lowest BCUT2D eigenvalue weighted by Gasteiger charge is -2.09. The number of rotatable bonds is 5. The molecule has 4 nitrogen and oxygen atoms in total. The molecule has 0 bridgehead atoms. The Morgan fingerprint density at radius 2 is 1.81 bits per heavy atom. The van der Waals surface area contributed by atoms with Crippen molar-refractivity contribution in [1.82, 2.24) is 4.98 Å². The minimum atomic E-state index is -0.190. The van der Waals surface area contributed by atoms with E-state index in [4.69, 9.17) is 4.74 Å². The first-order valence-corrected chi connectivity index (χ1v) is 8.85. The molecule has 0 aliphatic rings. The smallest absolute Gasteiger partial charge is 0.262 e. The average molecular weight is 356 g/mol. The Labute approximate surface area is 157 Å². The van der Waals surface area contributed by atoms with Gasteiger partial charge in [0.25, 0.3) is 5.91 Å². The van der Waals surface area contributed by atoms with Crippen molar-refractivity contribution in [3.05, 3.63) is 84.4 Å². The van der Waals surface area contributed by atoms with Crippen molar-refractivity contribution in [3.8, 4) is 17.0 Å². The number of H-pyrrole nitrogens is 1. The summed E-state index contributed by atoms with van der Waals surface area (Å²) in [5.41, 5.74) is 4.96. The quantitative estimate of drug-likeness (QED) is 0.519. The number of hydrogen-bond donors (Lipinski definition) is 2. The van der Waals surface area contributed by atoms with Crippen molar-refractivity contribution < 1.29 is 9.53 Å². The predicted octanol–water partition coefficient (Wildman–Crippen LogP) is 5.16. The Kier molecular flexibility index (Phi) is 4.62. The molecular formula is C23H20N2O2. The predicted molar refractivity (Wildman–Crippen MR) is 109 cm³/mol. The van der Waals surface area contributed by atoms with Crippen LogP contribution < -0.4 is 10.1 Å². The van der Waals surface area contributed by atoms with Crippen LogP contribution in [0.3, 0.4) is 0 Å². The van der Waals surface area contributed by atoms with E-state index in [9.17, 15) is 4.79 Å². The van der Waals surface area contributed by atoms with Crippen LogP contribution in [0.4, 0.5) is 5.69 Å². The van der Waals surface area contributed by atoms with Gasteiger partial charge in [0, 0.05) is 27.8 Å². The normalized spacial score (nSPS) is 10.7. The summed E-state index contributed by atoms with van der Waals surface area (Å²) in [4.78, 5) is 15.6. The van der Waals surface area contributed by atoms with Crippen LogP contribution in [0.2, 0.25) is 0 Å². The van der Waals surface area contributed by atoms with Gasteiger partial charge in [-0.1, -0.05) is 42.5 Å². The van der Waals surface area contributed by atoms with Crippen LogP contribution in [-0.4, -0.2) is 17.5 Å². The first-order chi connectivity index (χ1) is 13.2. The fourth-order valence-electron chi connectivity index (χ4n) is 3.04. The minimum absolute atomic E-state index is 0.0277. The molecule has 0 spiro atoms. The third kappa shape index (κ3) is 4.01. The Bertz CT molecular complexity index is 1070. The molecule has 0 radical (unpaired) electrons. The van der Waals surface area contributed by atoms with Gasteiger partial charge in [-0.2, -0.15) is 0 Å². The van der Waals surface area contributed by atoms with Crippen LogP contribution in [0.25, 0.3) is 22.2 Å². The summed E-state index contributed by atoms with van der Waals surface area (Å²) in [6, 6.07) is 25.7. The molecular weight excluding hydrogens is 336 g/mol. The van der Waals surface area contributed by atoms with Crippen LogP contribution in [0.1, 0.15) is 5.56 Å². The van der Waals surface area contributed by atoms with Crippen molar-refractivity contribution in [1.29, 1.82) is 0 Å². The average Bonchev–Trinajstić information content (AvgIpc) is 3.11. The molecule has 0 aliphatic carbocycles. The van der Waals surface area contributed by atoms with Gasteiger partial charge in [-0.05, 0) is 48.9 Å². The number of nitrogens with one attached hydrogen (secondary N) is 2. The molecule has 3 aromatic carbocycles. The summed E-state index contributed by atoms with van der Waals surface area (Å²) in [5.74, 6) is 0.502. The van der Waals surface area contributed by atoms with Gasteiger partial charge in [-0.25, -0.2) is 0 Å².